The molecule has 1 saturated heterocycles. The highest BCUT2D eigenvalue weighted by Gasteiger charge is 2.28. The maximum Gasteiger partial charge on any atom is 0.277 e. The van der Waals surface area contributed by atoms with Crippen molar-refractivity contribution in [1.82, 2.24) is 15.1 Å². The van der Waals surface area contributed by atoms with Gasteiger partial charge in [-0.3, -0.25) is 9.59 Å². The second kappa shape index (κ2) is 4.29. The van der Waals surface area contributed by atoms with Gasteiger partial charge in [-0.05, 0) is 25.8 Å². The third-order valence-electron chi connectivity index (χ3n) is 3.13. The number of hydrogen-bond donors (Lipinski definition) is 2. The van der Waals surface area contributed by atoms with Gasteiger partial charge >= 0.3 is 0 Å². The zero-order chi connectivity index (χ0) is 12.6. The molecule has 92 valence electrons. The number of H-pyrrole nitrogens is 1. The normalized spacial score (nSPS) is 19.7. The minimum atomic E-state index is -0.485. The average molecular weight is 237 g/mol. The summed E-state index contributed by atoms with van der Waals surface area (Å²) in [6, 6.07) is 0. The first kappa shape index (κ1) is 11.8. The molecule has 1 aromatic heterocycles. The fourth-order valence-electron chi connectivity index (χ4n) is 1.97. The molecule has 2 rings (SSSR count). The molecule has 1 aromatic rings. The van der Waals surface area contributed by atoms with Gasteiger partial charge in [0.05, 0.1) is 11.8 Å². The second-order valence-corrected chi connectivity index (χ2v) is 4.33. The first-order chi connectivity index (χ1) is 8.00. The third kappa shape index (κ3) is 2.08. The Hall–Kier alpha value is -1.69. The van der Waals surface area contributed by atoms with Crippen LogP contribution in [0.1, 0.15) is 28.0 Å². The largest absolute Gasteiger partial charge is 0.391 e. The molecular weight excluding hydrogens is 222 g/mol. The van der Waals surface area contributed by atoms with Crippen molar-refractivity contribution in [2.45, 2.75) is 26.4 Å². The summed E-state index contributed by atoms with van der Waals surface area (Å²) in [7, 11) is 0. The molecule has 0 spiro atoms. The topological polar surface area (TPSA) is 86.3 Å². The number of aliphatic hydroxyl groups excluding tert-OH is 1. The van der Waals surface area contributed by atoms with Crippen molar-refractivity contribution in [2.75, 3.05) is 13.1 Å². The standard InChI is InChI=1S/C11H15N3O3/c1-6-7(2)12-13-10(16)9(6)11(17)14-4-3-8(15)5-14/h8,15H,3-5H2,1-2H3,(H,13,16)/t8-/m1/s1. The lowest BCUT2D eigenvalue weighted by Crippen LogP contribution is -2.35. The number of rotatable bonds is 1. The van der Waals surface area contributed by atoms with Crippen molar-refractivity contribution in [2.24, 2.45) is 0 Å². The minimum Gasteiger partial charge on any atom is -0.391 e. The van der Waals surface area contributed by atoms with E-state index in [0.29, 0.717) is 30.8 Å². The van der Waals surface area contributed by atoms with E-state index in [1.165, 1.54) is 4.90 Å². The quantitative estimate of drug-likeness (QED) is 0.695. The number of nitrogens with one attached hydrogen (secondary N) is 1. The lowest BCUT2D eigenvalue weighted by Gasteiger charge is -2.16. The highest BCUT2D eigenvalue weighted by molar-refractivity contribution is 5.95. The van der Waals surface area contributed by atoms with Crippen LogP contribution in [0.5, 0.6) is 0 Å². The summed E-state index contributed by atoms with van der Waals surface area (Å²) in [5, 5.41) is 15.5. The highest BCUT2D eigenvalue weighted by Crippen LogP contribution is 2.14. The number of aromatic amines is 1. The van der Waals surface area contributed by atoms with E-state index >= 15 is 0 Å². The van der Waals surface area contributed by atoms with Crippen LogP contribution in [0.2, 0.25) is 0 Å². The number of β-amino-alcohol motifs (C(OH)–C–C–N with tert-alkyl or cyclic N) is 1. The van der Waals surface area contributed by atoms with Gasteiger partial charge in [-0.15, -0.1) is 0 Å². The fraction of sp³-hybridized carbons (Fsp3) is 0.545. The van der Waals surface area contributed by atoms with Crippen molar-refractivity contribution >= 4 is 5.91 Å². The molecule has 1 atom stereocenters. The van der Waals surface area contributed by atoms with E-state index < -0.39 is 11.7 Å². The molecule has 0 aromatic carbocycles. The Morgan fingerprint density at radius 3 is 2.82 bits per heavy atom. The zero-order valence-corrected chi connectivity index (χ0v) is 9.86. The molecule has 0 bridgehead atoms. The number of aromatic nitrogens is 2. The van der Waals surface area contributed by atoms with Gasteiger partial charge in [0.25, 0.3) is 11.5 Å². The molecule has 1 aliphatic rings. The number of amides is 1. The van der Waals surface area contributed by atoms with E-state index in [-0.39, 0.29) is 11.5 Å². The Labute approximate surface area is 98.3 Å². The Kier molecular flexibility index (Phi) is 2.97. The number of hydrogen-bond acceptors (Lipinski definition) is 4. The van der Waals surface area contributed by atoms with Gasteiger partial charge in [0, 0.05) is 13.1 Å². The Morgan fingerprint density at radius 1 is 1.53 bits per heavy atom. The number of carbonyl (C=O) groups excluding carboxylic acids is 1. The molecule has 2 N–H and O–H groups in total. The van der Waals surface area contributed by atoms with Crippen LogP contribution < -0.4 is 5.56 Å². The number of aryl methyl sites for hydroxylation is 1. The van der Waals surface area contributed by atoms with Gasteiger partial charge in [-0.1, -0.05) is 0 Å². The van der Waals surface area contributed by atoms with Crippen LogP contribution in [-0.4, -0.2) is 45.3 Å². The van der Waals surface area contributed by atoms with E-state index in [1.54, 1.807) is 13.8 Å². The molecule has 2 heterocycles. The van der Waals surface area contributed by atoms with E-state index in [9.17, 15) is 14.7 Å². The Balaban J connectivity index is 2.37. The van der Waals surface area contributed by atoms with Gasteiger partial charge in [0.2, 0.25) is 0 Å². The molecule has 17 heavy (non-hydrogen) atoms. The number of aliphatic hydroxyl groups is 1. The number of nitrogens with zero attached hydrogens (tertiary/aromatic N) is 2. The predicted molar refractivity (Wildman–Crippen MR) is 60.9 cm³/mol. The first-order valence-corrected chi connectivity index (χ1v) is 5.54. The predicted octanol–water partition coefficient (Wildman–Crippen LogP) is -0.406. The molecule has 1 fully saturated rings. The van der Waals surface area contributed by atoms with Gasteiger partial charge in [-0.2, -0.15) is 5.10 Å². The molecule has 0 saturated carbocycles. The third-order valence-corrected chi connectivity index (χ3v) is 3.13. The summed E-state index contributed by atoms with van der Waals surface area (Å²) in [6.07, 6.45) is 0.0773. The van der Waals surface area contributed by atoms with Crippen LogP contribution in [0.4, 0.5) is 0 Å². The van der Waals surface area contributed by atoms with Crippen molar-refractivity contribution in [3.63, 3.8) is 0 Å². The Morgan fingerprint density at radius 2 is 2.24 bits per heavy atom. The maximum absolute atomic E-state index is 12.2. The van der Waals surface area contributed by atoms with Crippen molar-refractivity contribution in [3.8, 4) is 0 Å². The average Bonchev–Trinajstić information content (AvgIpc) is 2.71. The maximum atomic E-state index is 12.2. The molecule has 0 aliphatic carbocycles. The summed E-state index contributed by atoms with van der Waals surface area (Å²) in [6.45, 7) is 4.22. The van der Waals surface area contributed by atoms with E-state index in [2.05, 4.69) is 10.2 Å². The molecule has 0 radical (unpaired) electrons. The summed E-state index contributed by atoms with van der Waals surface area (Å²) < 4.78 is 0. The molecule has 6 nitrogen and oxygen atoms in total. The van der Waals surface area contributed by atoms with E-state index in [4.69, 9.17) is 0 Å². The van der Waals surface area contributed by atoms with E-state index in [1.807, 2.05) is 0 Å². The summed E-state index contributed by atoms with van der Waals surface area (Å²) in [4.78, 5) is 25.3. The SMILES string of the molecule is Cc1n[nH]c(=O)c(C(=O)N2CC[C@@H](O)C2)c1C. The number of likely N-dealkylation sites (tertiary alicyclic amines) is 1. The molecule has 1 amide bonds. The molecule has 6 heteroatoms. The number of carbonyl (C=O) groups is 1. The van der Waals surface area contributed by atoms with Gasteiger partial charge < -0.3 is 10.0 Å². The van der Waals surface area contributed by atoms with Crippen LogP contribution in [0.25, 0.3) is 0 Å². The zero-order valence-electron chi connectivity index (χ0n) is 9.86. The van der Waals surface area contributed by atoms with E-state index in [0.717, 1.165) is 0 Å². The van der Waals surface area contributed by atoms with Gasteiger partial charge in [0.15, 0.2) is 0 Å². The fourth-order valence-corrected chi connectivity index (χ4v) is 1.97. The van der Waals surface area contributed by atoms with Gasteiger partial charge in [0.1, 0.15) is 5.56 Å². The summed E-state index contributed by atoms with van der Waals surface area (Å²) >= 11 is 0. The Bertz CT molecular complexity index is 509. The van der Waals surface area contributed by atoms with Crippen LogP contribution >= 0.6 is 0 Å². The highest BCUT2D eigenvalue weighted by atomic mass is 16.3. The van der Waals surface area contributed by atoms with Crippen LogP contribution in [0.15, 0.2) is 4.79 Å². The smallest absolute Gasteiger partial charge is 0.277 e. The van der Waals surface area contributed by atoms with Crippen molar-refractivity contribution in [1.29, 1.82) is 0 Å². The van der Waals surface area contributed by atoms with Crippen molar-refractivity contribution < 1.29 is 9.90 Å². The minimum absolute atomic E-state index is 0.131. The lowest BCUT2D eigenvalue weighted by atomic mass is 10.1. The molecule has 0 unspecified atom stereocenters. The first-order valence-electron chi connectivity index (χ1n) is 5.54. The monoisotopic (exact) mass is 237 g/mol. The van der Waals surface area contributed by atoms with Crippen LogP contribution in [0, 0.1) is 13.8 Å². The lowest BCUT2D eigenvalue weighted by molar-refractivity contribution is 0.0762. The van der Waals surface area contributed by atoms with Crippen LogP contribution in [0.3, 0.4) is 0 Å². The molecule has 1 aliphatic heterocycles. The molecular formula is C11H15N3O3. The van der Waals surface area contributed by atoms with Crippen molar-refractivity contribution in [3.05, 3.63) is 27.2 Å². The summed E-state index contributed by atoms with van der Waals surface area (Å²) in [5.41, 5.74) is 0.888. The van der Waals surface area contributed by atoms with Crippen LogP contribution in [-0.2, 0) is 0 Å². The summed E-state index contributed by atoms with van der Waals surface area (Å²) in [5.74, 6) is -0.328. The van der Waals surface area contributed by atoms with Gasteiger partial charge in [-0.25, -0.2) is 5.10 Å². The second-order valence-electron chi connectivity index (χ2n) is 4.33.